The summed E-state index contributed by atoms with van der Waals surface area (Å²) >= 11 is 0. The maximum atomic E-state index is 12.6. The molecule has 0 amide bonds. The number of ether oxygens (including phenoxy) is 3. The van der Waals surface area contributed by atoms with Crippen LogP contribution in [-0.2, 0) is 51.1 Å². The monoisotopic (exact) mass is 1380 g/mol. The van der Waals surface area contributed by atoms with E-state index in [0.29, 0.717) is 16.7 Å². The van der Waals surface area contributed by atoms with Crippen molar-refractivity contribution in [1.29, 1.82) is 0 Å². The summed E-state index contributed by atoms with van der Waals surface area (Å²) in [5, 5.41) is 0. The normalized spacial score (nSPS) is 12.6. The minimum absolute atomic E-state index is 0.210. The largest absolute Gasteiger partial charge is 0.748 e. The second kappa shape index (κ2) is 42.2. The number of unbranched alkanes of at least 4 members (excludes halogenated alkanes) is 3. The number of nitrogens with zero attached hydrogens (tertiary/aromatic N) is 1. The number of esters is 3. The third-order valence-electron chi connectivity index (χ3n) is 11.9. The molecule has 0 saturated carbocycles. The van der Waals surface area contributed by atoms with E-state index in [1.54, 1.807) is 0 Å². The fraction of sp³-hybridized carbons (Fsp3) is 0.391. The number of quaternary nitrogens is 2. The molecule has 0 saturated heterocycles. The van der Waals surface area contributed by atoms with Gasteiger partial charge in [-0.3, -0.25) is 0 Å². The van der Waals surface area contributed by atoms with E-state index in [0.717, 1.165) is 11.0 Å². The molecule has 5 aromatic rings. The van der Waals surface area contributed by atoms with Gasteiger partial charge in [-0.15, -0.1) is 0 Å². The van der Waals surface area contributed by atoms with Gasteiger partial charge in [0.1, 0.15) is 6.54 Å². The van der Waals surface area contributed by atoms with E-state index in [9.17, 15) is 92.8 Å². The second-order valence-corrected chi connectivity index (χ2v) is 25.5. The number of alkyl halides is 9. The molecule has 93 heavy (non-hydrogen) atoms. The highest BCUT2D eigenvalue weighted by Crippen LogP contribution is 2.28. The van der Waals surface area contributed by atoms with Crippen LogP contribution < -0.4 is 4.90 Å². The second-order valence-electron chi connectivity index (χ2n) is 21.1. The van der Waals surface area contributed by atoms with Crippen molar-refractivity contribution in [2.75, 3.05) is 58.0 Å². The van der Waals surface area contributed by atoms with Crippen LogP contribution in [0.25, 0.3) is 18.2 Å². The third kappa shape index (κ3) is 42.6. The molecule has 0 aliphatic carbocycles. The van der Waals surface area contributed by atoms with Gasteiger partial charge in [0.05, 0.1) is 105 Å². The summed E-state index contributed by atoms with van der Waals surface area (Å²) < 4.78 is 220. The van der Waals surface area contributed by atoms with E-state index < -0.39 is 102 Å². The molecule has 0 aliphatic rings. The van der Waals surface area contributed by atoms with Crippen LogP contribution in [0.4, 0.5) is 39.5 Å². The van der Waals surface area contributed by atoms with Crippen molar-refractivity contribution in [2.45, 2.75) is 103 Å². The number of carbonyl (C=O) groups excluding carboxylic acids is 3. The lowest BCUT2D eigenvalue weighted by Gasteiger charge is -2.23. The zero-order valence-corrected chi connectivity index (χ0v) is 54.7. The average molecular weight is 1380 g/mol. The van der Waals surface area contributed by atoms with Gasteiger partial charge in [-0.05, 0) is 72.4 Å². The van der Waals surface area contributed by atoms with Gasteiger partial charge in [-0.1, -0.05) is 181 Å². The van der Waals surface area contributed by atoms with Crippen molar-refractivity contribution < 1.29 is 116 Å². The van der Waals surface area contributed by atoms with Gasteiger partial charge < -0.3 is 37.3 Å². The summed E-state index contributed by atoms with van der Waals surface area (Å²) in [7, 11) is -9.01. The van der Waals surface area contributed by atoms with Crippen molar-refractivity contribution in [3.63, 3.8) is 0 Å². The topological polar surface area (TPSA) is 255 Å². The van der Waals surface area contributed by atoms with E-state index in [1.165, 1.54) is 155 Å². The van der Waals surface area contributed by atoms with Crippen LogP contribution in [0, 0.1) is 0 Å². The number of hydrogen-bond acceptors (Lipinski definition) is 15. The van der Waals surface area contributed by atoms with Crippen LogP contribution in [0.15, 0.2) is 159 Å². The van der Waals surface area contributed by atoms with Crippen molar-refractivity contribution >= 4 is 66.5 Å². The molecule has 5 rings (SSSR count). The molecule has 3 unspecified atom stereocenters. The van der Waals surface area contributed by atoms with Crippen LogP contribution in [0.1, 0.15) is 113 Å². The molecule has 0 radical (unpaired) electrons. The fourth-order valence-electron chi connectivity index (χ4n) is 7.17. The first-order chi connectivity index (χ1) is 43.0. The van der Waals surface area contributed by atoms with Crippen LogP contribution in [-0.4, -0.2) is 156 Å². The Labute approximate surface area is 539 Å². The molecule has 3 atom stereocenters. The Bertz CT molecular complexity index is 3020. The molecule has 17 nitrogen and oxygen atoms in total. The minimum Gasteiger partial charge on any atom is -0.748 e. The van der Waals surface area contributed by atoms with Crippen LogP contribution in [0.3, 0.4) is 0 Å². The Hall–Kier alpha value is -7.25. The van der Waals surface area contributed by atoms with Gasteiger partial charge in [-0.25, -0.2) is 39.6 Å². The van der Waals surface area contributed by atoms with Gasteiger partial charge in [0, 0.05) is 5.56 Å². The molecule has 0 fully saturated rings. The first-order valence-corrected chi connectivity index (χ1v) is 33.2. The van der Waals surface area contributed by atoms with E-state index in [1.807, 2.05) is 41.3 Å². The van der Waals surface area contributed by atoms with Crippen molar-refractivity contribution in [1.82, 2.24) is 0 Å². The Morgan fingerprint density at radius 2 is 0.667 bits per heavy atom. The van der Waals surface area contributed by atoms with Crippen LogP contribution in [0.2, 0.25) is 0 Å². The van der Waals surface area contributed by atoms with E-state index in [4.69, 9.17) is 0 Å². The Morgan fingerprint density at radius 1 is 0.441 bits per heavy atom. The number of hydrogen-bond donors (Lipinski definition) is 1. The molecule has 0 bridgehead atoms. The Morgan fingerprint density at radius 3 is 0.849 bits per heavy atom. The molecule has 0 spiro atoms. The molecule has 0 heterocycles. The lowest BCUT2D eigenvalue weighted by Crippen LogP contribution is -3.12. The molecule has 1 N–H and O–H groups in total. The van der Waals surface area contributed by atoms with Crippen molar-refractivity contribution in [3.05, 3.63) is 198 Å². The smallest absolute Gasteiger partial charge is 0.426 e. The lowest BCUT2D eigenvalue weighted by atomic mass is 10.1. The van der Waals surface area contributed by atoms with Crippen LogP contribution in [0.5, 0.6) is 0 Å². The summed E-state index contributed by atoms with van der Waals surface area (Å²) in [6.07, 6.45) is -11.9. The number of carbonyl (C=O) groups is 3. The zero-order valence-electron chi connectivity index (χ0n) is 52.3. The SMILES string of the molecule is C=Cc1ccc(C(=O)OC(CS(=O)(=O)[O-])C(F)(F)F)cc1.C=Cc1ccc(C(=O)OC(CS(=O)(=O)[O-])C(F)(F)F)cc1.C=Cc1ccc(C(=O)OC(CS(=O)(=O)[O-])C(F)(F)F)cc1.CCCC[NH+](CCCC)CCCC.C[N+](C)(C)Cc1ccccc1.c1ccccc1. The maximum absolute atomic E-state index is 12.6. The van der Waals surface area contributed by atoms with Crippen molar-refractivity contribution in [2.24, 2.45) is 0 Å². The number of rotatable bonds is 26. The van der Waals surface area contributed by atoms with E-state index in [2.05, 4.69) is 106 Å². The quantitative estimate of drug-likeness (QED) is 0.0178. The van der Waals surface area contributed by atoms with Gasteiger partial charge >= 0.3 is 36.4 Å². The summed E-state index contributed by atoms with van der Waals surface area (Å²) in [4.78, 5) is 36.5. The predicted molar refractivity (Wildman–Crippen MR) is 334 cm³/mol. The summed E-state index contributed by atoms with van der Waals surface area (Å²) in [6.45, 7) is 22.5. The average Bonchev–Trinajstić information content (AvgIpc) is 0.947. The van der Waals surface area contributed by atoms with Gasteiger partial charge in [0.2, 0.25) is 18.3 Å². The minimum atomic E-state index is -5.21. The standard InChI is InChI=1S/3C12H11F3O5S.C12H27N.C10H16N.C6H6/c3*1-2-8-3-5-9(6-4-8)11(16)20-10(12(13,14)15)7-21(17,18)19;1-4-7-10-13(11-8-5-2)12-9-6-3;1-11(2,3)9-10-7-5-4-6-8-10;1-2-4-6-5-3-1/h3*2-6,10H,1,7H2,(H,17,18,19);4-12H2,1-3H3;4-8H,9H2,1-3H3;1-6H/q;;;;+1;/p-2. The lowest BCUT2D eigenvalue weighted by molar-refractivity contribution is -0.900. The molecule has 518 valence electrons. The molecule has 5 aromatic carbocycles. The van der Waals surface area contributed by atoms with Gasteiger partial charge in [0.15, 0.2) is 0 Å². The predicted octanol–water partition coefficient (Wildman–Crippen LogP) is 11.7. The number of nitrogens with one attached hydrogen (secondary N) is 1. The highest BCUT2D eigenvalue weighted by atomic mass is 32.2. The Balaban J connectivity index is 0.00000113. The molecule has 29 heteroatoms. The number of halogens is 9. The molecular weight excluding hydrogens is 1300 g/mol. The van der Waals surface area contributed by atoms with Crippen LogP contribution >= 0.6 is 0 Å². The molecule has 0 aliphatic heterocycles. The first kappa shape index (κ1) is 85.8. The van der Waals surface area contributed by atoms with Crippen molar-refractivity contribution in [3.8, 4) is 0 Å². The first-order valence-electron chi connectivity index (χ1n) is 28.5. The summed E-state index contributed by atoms with van der Waals surface area (Å²) in [5.41, 5.74) is 2.65. The third-order valence-corrected chi connectivity index (χ3v) is 14.0. The van der Waals surface area contributed by atoms with Gasteiger partial charge in [0.25, 0.3) is 0 Å². The van der Waals surface area contributed by atoms with E-state index in [-0.39, 0.29) is 16.7 Å². The van der Waals surface area contributed by atoms with Gasteiger partial charge in [-0.2, -0.15) is 39.5 Å². The zero-order chi connectivity index (χ0) is 71.3. The summed E-state index contributed by atoms with van der Waals surface area (Å²) in [5.74, 6) is -9.74. The Kier molecular flexibility index (Phi) is 38.9. The maximum Gasteiger partial charge on any atom is 0.426 e. The molecular formula is C64H80F9N2O15S3-. The molecule has 0 aromatic heterocycles. The fourth-order valence-corrected chi connectivity index (χ4v) is 9.05. The highest BCUT2D eigenvalue weighted by molar-refractivity contribution is 7.86. The number of benzene rings is 5. The van der Waals surface area contributed by atoms with E-state index >= 15 is 0 Å². The highest BCUT2D eigenvalue weighted by Gasteiger charge is 2.46. The summed E-state index contributed by atoms with van der Waals surface area (Å²) in [6, 6.07) is 38.2.